The molecule has 1 aliphatic heterocycles. The van der Waals surface area contributed by atoms with Gasteiger partial charge in [0.15, 0.2) is 0 Å². The Bertz CT molecular complexity index is 3210. The van der Waals surface area contributed by atoms with Gasteiger partial charge in [-0.05, 0) is 65.7 Å². The molecule has 0 aliphatic carbocycles. The number of thiophene rings is 1. The van der Waals surface area contributed by atoms with Crippen molar-refractivity contribution in [3.05, 3.63) is 194 Å². The Morgan fingerprint density at radius 3 is 2.25 bits per heavy atom. The SMILES string of the molecule is C=C/C=C(\C=C1/Cc2c(cccc2-c2ccc(-c3nc4ccccc4n3-c3ccccc3)cc2)O1)n1c2ccccc2c2c3sc4ccccc4c3ccc21. The Hall–Kier alpha value is -6.95. The van der Waals surface area contributed by atoms with E-state index < -0.39 is 0 Å². The van der Waals surface area contributed by atoms with Crippen LogP contribution < -0.4 is 4.74 Å². The first kappa shape index (κ1) is 31.6. The van der Waals surface area contributed by atoms with Crippen molar-refractivity contribution in [3.8, 4) is 34.0 Å². The van der Waals surface area contributed by atoms with Crippen molar-refractivity contribution >= 4 is 70.0 Å². The highest BCUT2D eigenvalue weighted by molar-refractivity contribution is 7.26. The topological polar surface area (TPSA) is 32.0 Å². The summed E-state index contributed by atoms with van der Waals surface area (Å²) in [6.07, 6.45) is 6.82. The monoisotopic (exact) mass is 723 g/mol. The molecule has 0 N–H and O–H groups in total. The summed E-state index contributed by atoms with van der Waals surface area (Å²) in [6.45, 7) is 4.12. The molecular formula is C50H33N3OS. The molecule has 1 aliphatic rings. The van der Waals surface area contributed by atoms with Crippen molar-refractivity contribution in [3.63, 3.8) is 0 Å². The molecule has 4 heterocycles. The van der Waals surface area contributed by atoms with Crippen molar-refractivity contribution in [2.45, 2.75) is 6.42 Å². The van der Waals surface area contributed by atoms with Gasteiger partial charge in [-0.25, -0.2) is 4.98 Å². The molecule has 5 heteroatoms. The van der Waals surface area contributed by atoms with Crippen LogP contribution >= 0.6 is 11.3 Å². The van der Waals surface area contributed by atoms with E-state index >= 15 is 0 Å². The zero-order valence-electron chi connectivity index (χ0n) is 29.8. The van der Waals surface area contributed by atoms with E-state index in [0.717, 1.165) is 56.4 Å². The van der Waals surface area contributed by atoms with E-state index in [9.17, 15) is 0 Å². The molecule has 4 nitrogen and oxygen atoms in total. The summed E-state index contributed by atoms with van der Waals surface area (Å²) in [4.78, 5) is 5.08. The largest absolute Gasteiger partial charge is 0.461 e. The number of benzene rings is 7. The van der Waals surface area contributed by atoms with Crippen molar-refractivity contribution < 1.29 is 4.74 Å². The zero-order chi connectivity index (χ0) is 36.5. The summed E-state index contributed by atoms with van der Waals surface area (Å²) in [5, 5.41) is 5.13. The Kier molecular flexibility index (Phi) is 7.22. The number of imidazole rings is 1. The van der Waals surface area contributed by atoms with Gasteiger partial charge in [-0.2, -0.15) is 0 Å². The minimum atomic E-state index is 0.684. The van der Waals surface area contributed by atoms with Crippen molar-refractivity contribution in [2.75, 3.05) is 0 Å². The lowest BCUT2D eigenvalue weighted by atomic mass is 9.96. The molecule has 0 unspecified atom stereocenters. The standard InChI is InChI=1S/C50H33N3OS/c1-2-13-35(52-43-20-9-6-17-40(43)48-45(52)29-28-39-38-16-7-11-23-47(38)55-49(39)48)30-36-31-41-37(18-12-22-46(41)54-36)32-24-26-33(27-25-32)50-51-42-19-8-10-21-44(42)53(50)34-14-4-3-5-15-34/h2-30H,1,31H2/b35-13+,36-30+. The normalized spacial score (nSPS) is 13.7. The Morgan fingerprint density at radius 1 is 0.655 bits per heavy atom. The maximum atomic E-state index is 6.63. The third kappa shape index (κ3) is 5.01. The van der Waals surface area contributed by atoms with Crippen molar-refractivity contribution in [1.29, 1.82) is 0 Å². The molecule has 3 aromatic heterocycles. The second-order valence-corrected chi connectivity index (χ2v) is 15.0. The number of para-hydroxylation sites is 4. The van der Waals surface area contributed by atoms with E-state index in [2.05, 4.69) is 173 Å². The van der Waals surface area contributed by atoms with E-state index in [1.165, 1.54) is 47.6 Å². The molecule has 0 spiro atoms. The predicted molar refractivity (Wildman–Crippen MR) is 231 cm³/mol. The number of hydrogen-bond acceptors (Lipinski definition) is 3. The number of hydrogen-bond donors (Lipinski definition) is 0. The molecule has 7 aromatic carbocycles. The minimum absolute atomic E-state index is 0.684. The third-order valence-electron chi connectivity index (χ3n) is 10.8. The fourth-order valence-electron chi connectivity index (χ4n) is 8.39. The Labute approximate surface area is 321 Å². The van der Waals surface area contributed by atoms with E-state index in [1.807, 2.05) is 29.5 Å². The third-order valence-corrected chi connectivity index (χ3v) is 12.0. The number of fused-ring (bicyclic) bond motifs is 9. The Balaban J connectivity index is 0.973. The molecule has 0 bridgehead atoms. The molecule has 0 atom stereocenters. The molecule has 0 fully saturated rings. The molecular weight excluding hydrogens is 691 g/mol. The van der Waals surface area contributed by atoms with Crippen LogP contribution in [-0.2, 0) is 6.42 Å². The highest BCUT2D eigenvalue weighted by Crippen LogP contribution is 2.44. The lowest BCUT2D eigenvalue weighted by Crippen LogP contribution is -1.98. The van der Waals surface area contributed by atoms with Crippen LogP contribution in [0.15, 0.2) is 188 Å². The number of ether oxygens (including phenoxy) is 1. The molecule has 0 amide bonds. The lowest BCUT2D eigenvalue weighted by Gasteiger charge is -2.11. The first-order valence-corrected chi connectivity index (χ1v) is 19.4. The van der Waals surface area contributed by atoms with Gasteiger partial charge in [-0.1, -0.05) is 122 Å². The van der Waals surface area contributed by atoms with Gasteiger partial charge in [-0.15, -0.1) is 11.3 Å². The van der Waals surface area contributed by atoms with Gasteiger partial charge in [-0.3, -0.25) is 4.57 Å². The molecule has 11 rings (SSSR count). The first-order chi connectivity index (χ1) is 27.2. The van der Waals surface area contributed by atoms with Crippen LogP contribution in [0.5, 0.6) is 5.75 Å². The number of nitrogens with zero attached hydrogens (tertiary/aromatic N) is 3. The van der Waals surface area contributed by atoms with Crippen LogP contribution in [0.1, 0.15) is 5.56 Å². The maximum absolute atomic E-state index is 6.63. The summed E-state index contributed by atoms with van der Waals surface area (Å²) >= 11 is 1.87. The van der Waals surface area contributed by atoms with Crippen LogP contribution in [0.4, 0.5) is 0 Å². The van der Waals surface area contributed by atoms with Crippen LogP contribution in [0, 0.1) is 0 Å². The van der Waals surface area contributed by atoms with Gasteiger partial charge in [0.2, 0.25) is 0 Å². The average Bonchev–Trinajstić information content (AvgIpc) is 4.01. The van der Waals surface area contributed by atoms with Crippen molar-refractivity contribution in [1.82, 2.24) is 14.1 Å². The fraction of sp³-hybridized carbons (Fsp3) is 0.0200. The van der Waals surface area contributed by atoms with E-state index in [1.54, 1.807) is 0 Å². The second-order valence-electron chi connectivity index (χ2n) is 14.0. The van der Waals surface area contributed by atoms with Crippen LogP contribution in [0.3, 0.4) is 0 Å². The number of aromatic nitrogens is 3. The molecule has 0 saturated carbocycles. The zero-order valence-corrected chi connectivity index (χ0v) is 30.6. The molecule has 260 valence electrons. The van der Waals surface area contributed by atoms with E-state index in [-0.39, 0.29) is 0 Å². The average molecular weight is 724 g/mol. The molecule has 0 radical (unpaired) electrons. The minimum Gasteiger partial charge on any atom is -0.461 e. The second kappa shape index (κ2) is 12.6. The van der Waals surface area contributed by atoms with Gasteiger partial charge in [0.25, 0.3) is 0 Å². The molecule has 10 aromatic rings. The summed E-state index contributed by atoms with van der Waals surface area (Å²) in [5.74, 6) is 2.72. The Morgan fingerprint density at radius 2 is 1.40 bits per heavy atom. The van der Waals surface area contributed by atoms with Gasteiger partial charge >= 0.3 is 0 Å². The van der Waals surface area contributed by atoms with E-state index in [4.69, 9.17) is 9.72 Å². The van der Waals surface area contributed by atoms with Crippen LogP contribution in [0.25, 0.3) is 86.9 Å². The van der Waals surface area contributed by atoms with E-state index in [0.29, 0.717) is 6.42 Å². The van der Waals surface area contributed by atoms with Gasteiger partial charge in [0.05, 0.1) is 22.1 Å². The summed E-state index contributed by atoms with van der Waals surface area (Å²) < 4.78 is 13.9. The number of allylic oxidation sites excluding steroid dienone is 5. The van der Waals surface area contributed by atoms with Crippen LogP contribution in [-0.4, -0.2) is 14.1 Å². The summed E-state index contributed by atoms with van der Waals surface area (Å²) in [5.41, 5.74) is 11.0. The van der Waals surface area contributed by atoms with Crippen molar-refractivity contribution in [2.24, 2.45) is 0 Å². The van der Waals surface area contributed by atoms with Crippen LogP contribution in [0.2, 0.25) is 0 Å². The van der Waals surface area contributed by atoms with Gasteiger partial charge in [0.1, 0.15) is 17.3 Å². The summed E-state index contributed by atoms with van der Waals surface area (Å²) in [6, 6.07) is 55.9. The van der Waals surface area contributed by atoms with Gasteiger partial charge in [0, 0.05) is 66.0 Å². The predicted octanol–water partition coefficient (Wildman–Crippen LogP) is 13.4. The summed E-state index contributed by atoms with van der Waals surface area (Å²) in [7, 11) is 0. The highest BCUT2D eigenvalue weighted by Gasteiger charge is 2.24. The number of rotatable bonds is 6. The smallest absolute Gasteiger partial charge is 0.145 e. The molecule has 55 heavy (non-hydrogen) atoms. The quantitative estimate of drug-likeness (QED) is 0.160. The van der Waals surface area contributed by atoms with Gasteiger partial charge < -0.3 is 9.30 Å². The lowest BCUT2D eigenvalue weighted by molar-refractivity contribution is 0.447. The highest BCUT2D eigenvalue weighted by atomic mass is 32.1. The maximum Gasteiger partial charge on any atom is 0.145 e. The fourth-order valence-corrected chi connectivity index (χ4v) is 9.65. The first-order valence-electron chi connectivity index (χ1n) is 18.5. The molecule has 0 saturated heterocycles.